The molecule has 2 aromatic rings. The van der Waals surface area contributed by atoms with E-state index in [0.29, 0.717) is 0 Å². The number of piperazine rings is 1. The van der Waals surface area contributed by atoms with Crippen LogP contribution in [0.3, 0.4) is 0 Å². The number of hydrogen-bond donors (Lipinski definition) is 0. The first-order valence-corrected chi connectivity index (χ1v) is 9.24. The predicted octanol–water partition coefficient (Wildman–Crippen LogP) is 3.69. The standard InChI is InChI=1S/C21H28N4/c1-3-23(4-2)21-12-10-19(11-13-21)18-22-25-16-14-24(15-17-25)20-8-6-5-7-9-20/h5-13,18H,3-4,14-17H2,1-2H3/b22-18-. The topological polar surface area (TPSA) is 22.1 Å². The van der Waals surface area contributed by atoms with Gasteiger partial charge in [-0.3, -0.25) is 5.01 Å². The zero-order valence-electron chi connectivity index (χ0n) is 15.3. The molecular weight excluding hydrogens is 308 g/mol. The highest BCUT2D eigenvalue weighted by molar-refractivity contribution is 5.80. The molecule has 2 aromatic carbocycles. The van der Waals surface area contributed by atoms with Gasteiger partial charge in [-0.05, 0) is 43.7 Å². The third-order valence-electron chi connectivity index (χ3n) is 4.77. The summed E-state index contributed by atoms with van der Waals surface area (Å²) in [5.74, 6) is 0. The minimum Gasteiger partial charge on any atom is -0.372 e. The fraction of sp³-hybridized carbons (Fsp3) is 0.381. The number of hydrazone groups is 1. The van der Waals surface area contributed by atoms with E-state index in [1.54, 1.807) is 0 Å². The number of nitrogens with zero attached hydrogens (tertiary/aromatic N) is 4. The minimum absolute atomic E-state index is 0.961. The summed E-state index contributed by atoms with van der Waals surface area (Å²) < 4.78 is 0. The van der Waals surface area contributed by atoms with Gasteiger partial charge in [-0.1, -0.05) is 30.3 Å². The summed E-state index contributed by atoms with van der Waals surface area (Å²) in [6, 6.07) is 19.3. The molecule has 1 aliphatic heterocycles. The van der Waals surface area contributed by atoms with Gasteiger partial charge in [-0.15, -0.1) is 0 Å². The molecule has 4 heteroatoms. The maximum absolute atomic E-state index is 4.66. The van der Waals surface area contributed by atoms with Crippen molar-refractivity contribution in [2.24, 2.45) is 5.10 Å². The summed E-state index contributed by atoms with van der Waals surface area (Å²) in [7, 11) is 0. The Morgan fingerprint density at radius 1 is 0.880 bits per heavy atom. The van der Waals surface area contributed by atoms with Gasteiger partial charge >= 0.3 is 0 Å². The van der Waals surface area contributed by atoms with Gasteiger partial charge in [-0.25, -0.2) is 0 Å². The molecule has 1 aliphatic rings. The smallest absolute Gasteiger partial charge is 0.0542 e. The molecule has 0 atom stereocenters. The molecule has 0 amide bonds. The van der Waals surface area contributed by atoms with E-state index in [1.807, 2.05) is 6.21 Å². The lowest BCUT2D eigenvalue weighted by Gasteiger charge is -2.34. The molecule has 0 N–H and O–H groups in total. The average molecular weight is 336 g/mol. The van der Waals surface area contributed by atoms with Gasteiger partial charge in [0.2, 0.25) is 0 Å². The Labute approximate surface area is 151 Å². The van der Waals surface area contributed by atoms with E-state index in [0.717, 1.165) is 44.8 Å². The van der Waals surface area contributed by atoms with Gasteiger partial charge in [0.15, 0.2) is 0 Å². The molecule has 1 saturated heterocycles. The van der Waals surface area contributed by atoms with Crippen LogP contribution in [0.2, 0.25) is 0 Å². The Kier molecular flexibility index (Phi) is 5.94. The van der Waals surface area contributed by atoms with Crippen molar-refractivity contribution in [3.8, 4) is 0 Å². The molecule has 0 spiro atoms. The van der Waals surface area contributed by atoms with Crippen molar-refractivity contribution in [1.29, 1.82) is 0 Å². The van der Waals surface area contributed by atoms with Crippen molar-refractivity contribution in [1.82, 2.24) is 5.01 Å². The first-order valence-electron chi connectivity index (χ1n) is 9.24. The summed E-state index contributed by atoms with van der Waals surface area (Å²) in [4.78, 5) is 4.77. The molecule has 25 heavy (non-hydrogen) atoms. The van der Waals surface area contributed by atoms with Crippen LogP contribution in [0.4, 0.5) is 11.4 Å². The first kappa shape index (κ1) is 17.3. The zero-order chi connectivity index (χ0) is 17.5. The molecule has 0 aliphatic carbocycles. The summed E-state index contributed by atoms with van der Waals surface area (Å²) in [5.41, 5.74) is 3.73. The highest BCUT2D eigenvalue weighted by Gasteiger charge is 2.15. The normalized spacial score (nSPS) is 15.0. The first-order chi connectivity index (χ1) is 12.3. The Balaban J connectivity index is 1.53. The number of hydrogen-bond acceptors (Lipinski definition) is 4. The summed E-state index contributed by atoms with van der Waals surface area (Å²) in [6.45, 7) is 10.4. The van der Waals surface area contributed by atoms with Crippen LogP contribution in [0.5, 0.6) is 0 Å². The lowest BCUT2D eigenvalue weighted by molar-refractivity contribution is 0.272. The van der Waals surface area contributed by atoms with Crippen LogP contribution in [0, 0.1) is 0 Å². The highest BCUT2D eigenvalue weighted by atomic mass is 15.5. The largest absolute Gasteiger partial charge is 0.372 e. The SMILES string of the molecule is CCN(CC)c1ccc(/C=N\N2CCN(c3ccccc3)CC2)cc1. The molecule has 0 saturated carbocycles. The molecule has 1 heterocycles. The predicted molar refractivity (Wildman–Crippen MR) is 108 cm³/mol. The third-order valence-corrected chi connectivity index (χ3v) is 4.77. The fourth-order valence-electron chi connectivity index (χ4n) is 3.22. The zero-order valence-corrected chi connectivity index (χ0v) is 15.3. The van der Waals surface area contributed by atoms with Crippen molar-refractivity contribution in [3.63, 3.8) is 0 Å². The van der Waals surface area contributed by atoms with Crippen molar-refractivity contribution < 1.29 is 0 Å². The van der Waals surface area contributed by atoms with Crippen LogP contribution in [-0.4, -0.2) is 50.5 Å². The second-order valence-electron chi connectivity index (χ2n) is 6.28. The maximum Gasteiger partial charge on any atom is 0.0542 e. The molecule has 0 aromatic heterocycles. The molecule has 4 nitrogen and oxygen atoms in total. The Morgan fingerprint density at radius 3 is 2.12 bits per heavy atom. The van der Waals surface area contributed by atoms with Crippen molar-refractivity contribution in [2.45, 2.75) is 13.8 Å². The van der Waals surface area contributed by atoms with Gasteiger partial charge in [0.25, 0.3) is 0 Å². The second kappa shape index (κ2) is 8.56. The second-order valence-corrected chi connectivity index (χ2v) is 6.28. The molecule has 0 bridgehead atoms. The fourth-order valence-corrected chi connectivity index (χ4v) is 3.22. The molecule has 1 fully saturated rings. The summed E-state index contributed by atoms with van der Waals surface area (Å²) in [6.07, 6.45) is 1.98. The molecule has 0 radical (unpaired) electrons. The number of anilines is 2. The van der Waals surface area contributed by atoms with E-state index in [9.17, 15) is 0 Å². The third kappa shape index (κ3) is 4.53. The van der Waals surface area contributed by atoms with E-state index < -0.39 is 0 Å². The van der Waals surface area contributed by atoms with Crippen molar-refractivity contribution in [2.75, 3.05) is 49.1 Å². The minimum atomic E-state index is 0.961. The molecule has 3 rings (SSSR count). The lowest BCUT2D eigenvalue weighted by atomic mass is 10.2. The van der Waals surface area contributed by atoms with Crippen LogP contribution >= 0.6 is 0 Å². The van der Waals surface area contributed by atoms with Gasteiger partial charge < -0.3 is 9.80 Å². The summed E-state index contributed by atoms with van der Waals surface area (Å²) >= 11 is 0. The maximum atomic E-state index is 4.66. The number of benzene rings is 2. The summed E-state index contributed by atoms with van der Waals surface area (Å²) in [5, 5.41) is 6.83. The van der Waals surface area contributed by atoms with E-state index >= 15 is 0 Å². The quantitative estimate of drug-likeness (QED) is 0.751. The van der Waals surface area contributed by atoms with E-state index in [4.69, 9.17) is 0 Å². The van der Waals surface area contributed by atoms with E-state index in [2.05, 4.69) is 88.4 Å². The van der Waals surface area contributed by atoms with Gasteiger partial charge in [0, 0.05) is 37.6 Å². The monoisotopic (exact) mass is 336 g/mol. The van der Waals surface area contributed by atoms with Crippen molar-refractivity contribution in [3.05, 3.63) is 60.2 Å². The van der Waals surface area contributed by atoms with Crippen LogP contribution in [0.15, 0.2) is 59.7 Å². The van der Waals surface area contributed by atoms with E-state index in [1.165, 1.54) is 11.4 Å². The van der Waals surface area contributed by atoms with Crippen LogP contribution in [0.25, 0.3) is 0 Å². The Hall–Kier alpha value is -2.49. The molecule has 132 valence electrons. The van der Waals surface area contributed by atoms with Crippen molar-refractivity contribution >= 4 is 17.6 Å². The highest BCUT2D eigenvalue weighted by Crippen LogP contribution is 2.16. The molecular formula is C21H28N4. The average Bonchev–Trinajstić information content (AvgIpc) is 2.69. The number of rotatable bonds is 6. The van der Waals surface area contributed by atoms with E-state index in [-0.39, 0.29) is 0 Å². The van der Waals surface area contributed by atoms with Gasteiger partial charge in [0.1, 0.15) is 0 Å². The Morgan fingerprint density at radius 2 is 1.52 bits per heavy atom. The molecule has 0 unspecified atom stereocenters. The van der Waals surface area contributed by atoms with Crippen LogP contribution < -0.4 is 9.80 Å². The van der Waals surface area contributed by atoms with Crippen LogP contribution in [-0.2, 0) is 0 Å². The van der Waals surface area contributed by atoms with Gasteiger partial charge in [-0.2, -0.15) is 5.10 Å². The Bertz CT molecular complexity index is 654. The lowest BCUT2D eigenvalue weighted by Crippen LogP contribution is -2.44. The van der Waals surface area contributed by atoms with Gasteiger partial charge in [0.05, 0.1) is 19.3 Å². The van der Waals surface area contributed by atoms with Crippen LogP contribution in [0.1, 0.15) is 19.4 Å². The number of para-hydroxylation sites is 1.